The van der Waals surface area contributed by atoms with Crippen LogP contribution in [0.5, 0.6) is 0 Å². The maximum Gasteiger partial charge on any atom is 0.229 e. The molecule has 0 atom stereocenters. The Hall–Kier alpha value is -1.00. The van der Waals surface area contributed by atoms with Gasteiger partial charge in [-0.2, -0.15) is 0 Å². The number of thioether (sulfide) groups is 1. The molecule has 2 rings (SSSR count). The van der Waals surface area contributed by atoms with E-state index >= 15 is 0 Å². The molecule has 1 aliphatic heterocycles. The maximum atomic E-state index is 12.7. The molecule has 0 aliphatic carbocycles. The highest BCUT2D eigenvalue weighted by Crippen LogP contribution is 2.31. The molecule has 1 aliphatic rings. The molecule has 1 N–H and O–H groups in total. The summed E-state index contributed by atoms with van der Waals surface area (Å²) in [5, 5.41) is 3.29. The molecule has 3 nitrogen and oxygen atoms in total. The molecule has 0 bridgehead atoms. The summed E-state index contributed by atoms with van der Waals surface area (Å²) in [5.74, 6) is 1.10. The average Bonchev–Trinajstić information content (AvgIpc) is 2.48. The lowest BCUT2D eigenvalue weighted by Crippen LogP contribution is -2.51. The molecule has 21 heavy (non-hydrogen) atoms. The van der Waals surface area contributed by atoms with Crippen molar-refractivity contribution in [1.82, 2.24) is 10.2 Å². The Morgan fingerprint density at radius 3 is 2.62 bits per heavy atom. The molecule has 1 aromatic carbocycles. The quantitative estimate of drug-likeness (QED) is 0.868. The number of carbonyl (C=O) groups excluding carboxylic acids is 1. The summed E-state index contributed by atoms with van der Waals surface area (Å²) < 4.78 is 0. The fourth-order valence-corrected chi connectivity index (χ4v) is 3.68. The van der Waals surface area contributed by atoms with Crippen molar-refractivity contribution in [3.63, 3.8) is 0 Å². The molecule has 0 aromatic heterocycles. The number of rotatable bonds is 4. The number of hydrogen-bond acceptors (Lipinski definition) is 3. The van der Waals surface area contributed by atoms with E-state index in [-0.39, 0.29) is 11.3 Å². The molecule has 1 amide bonds. The van der Waals surface area contributed by atoms with E-state index in [9.17, 15) is 4.79 Å². The van der Waals surface area contributed by atoms with Crippen LogP contribution < -0.4 is 5.32 Å². The van der Waals surface area contributed by atoms with E-state index in [1.54, 1.807) is 11.8 Å². The van der Waals surface area contributed by atoms with Crippen LogP contribution in [-0.4, -0.2) is 42.7 Å². The number of nitrogens with zero attached hydrogens (tertiary/aromatic N) is 1. The second kappa shape index (κ2) is 6.84. The molecular weight excluding hydrogens is 280 g/mol. The third-order valence-electron chi connectivity index (χ3n) is 3.92. The summed E-state index contributed by atoms with van der Waals surface area (Å²) >= 11 is 1.80. The van der Waals surface area contributed by atoms with Gasteiger partial charge in [0, 0.05) is 36.8 Å². The van der Waals surface area contributed by atoms with Gasteiger partial charge in [-0.3, -0.25) is 4.79 Å². The number of aryl methyl sites for hydroxylation is 2. The Morgan fingerprint density at radius 2 is 1.95 bits per heavy atom. The molecule has 0 unspecified atom stereocenters. The molecule has 0 radical (unpaired) electrons. The fraction of sp³-hybridized carbons (Fsp3) is 0.588. The number of benzene rings is 1. The van der Waals surface area contributed by atoms with Gasteiger partial charge in [-0.25, -0.2) is 0 Å². The van der Waals surface area contributed by atoms with Crippen LogP contribution in [0.25, 0.3) is 0 Å². The Kier molecular flexibility index (Phi) is 5.33. The van der Waals surface area contributed by atoms with Gasteiger partial charge in [0.15, 0.2) is 0 Å². The minimum absolute atomic E-state index is 0.279. The van der Waals surface area contributed by atoms with E-state index in [0.29, 0.717) is 0 Å². The van der Waals surface area contributed by atoms with Gasteiger partial charge in [0.1, 0.15) is 0 Å². The summed E-state index contributed by atoms with van der Waals surface area (Å²) in [6.07, 6.45) is 0. The lowest BCUT2D eigenvalue weighted by molar-refractivity contribution is -0.139. The van der Waals surface area contributed by atoms with Crippen LogP contribution in [0.2, 0.25) is 0 Å². The van der Waals surface area contributed by atoms with E-state index in [1.165, 1.54) is 16.0 Å². The molecule has 1 heterocycles. The second-order valence-electron chi connectivity index (χ2n) is 6.48. The van der Waals surface area contributed by atoms with Crippen molar-refractivity contribution in [2.45, 2.75) is 32.6 Å². The van der Waals surface area contributed by atoms with Crippen molar-refractivity contribution in [2.75, 3.05) is 31.9 Å². The third-order valence-corrected chi connectivity index (χ3v) is 5.53. The van der Waals surface area contributed by atoms with Crippen LogP contribution in [-0.2, 0) is 4.79 Å². The van der Waals surface area contributed by atoms with Crippen LogP contribution in [0.15, 0.2) is 23.1 Å². The van der Waals surface area contributed by atoms with Crippen molar-refractivity contribution in [3.8, 4) is 0 Å². The normalized spacial score (nSPS) is 16.1. The SMILES string of the molecule is Cc1ccc(C)c(SCC(C)(C)C(=O)N2CCNCC2)c1. The van der Waals surface area contributed by atoms with Gasteiger partial charge in [0.2, 0.25) is 5.91 Å². The molecular formula is C17H26N2OS. The summed E-state index contributed by atoms with van der Waals surface area (Å²) in [5.41, 5.74) is 2.24. The van der Waals surface area contributed by atoms with Gasteiger partial charge in [-0.1, -0.05) is 31.5 Å². The highest BCUT2D eigenvalue weighted by Gasteiger charge is 2.32. The standard InChI is InChI=1S/C17H26N2OS/c1-13-5-6-14(2)15(11-13)21-12-17(3,4)16(20)19-9-7-18-8-10-19/h5-6,11,18H,7-10,12H2,1-4H3. The molecule has 1 saturated heterocycles. The Labute approximate surface area is 132 Å². The summed E-state index contributed by atoms with van der Waals surface area (Å²) in [4.78, 5) is 16.0. The topological polar surface area (TPSA) is 32.3 Å². The van der Waals surface area contributed by atoms with E-state index < -0.39 is 0 Å². The number of piperazine rings is 1. The predicted octanol–water partition coefficient (Wildman–Crippen LogP) is 2.85. The van der Waals surface area contributed by atoms with Crippen molar-refractivity contribution in [3.05, 3.63) is 29.3 Å². The second-order valence-corrected chi connectivity index (χ2v) is 7.50. The maximum absolute atomic E-state index is 12.7. The molecule has 116 valence electrons. The van der Waals surface area contributed by atoms with Crippen molar-refractivity contribution >= 4 is 17.7 Å². The van der Waals surface area contributed by atoms with E-state index in [0.717, 1.165) is 31.9 Å². The van der Waals surface area contributed by atoms with Gasteiger partial charge in [0.25, 0.3) is 0 Å². The largest absolute Gasteiger partial charge is 0.340 e. The van der Waals surface area contributed by atoms with Crippen LogP contribution >= 0.6 is 11.8 Å². The highest BCUT2D eigenvalue weighted by molar-refractivity contribution is 7.99. The van der Waals surface area contributed by atoms with Gasteiger partial charge in [-0.15, -0.1) is 11.8 Å². The number of nitrogens with one attached hydrogen (secondary N) is 1. The minimum Gasteiger partial charge on any atom is -0.340 e. The number of hydrogen-bond donors (Lipinski definition) is 1. The van der Waals surface area contributed by atoms with Crippen molar-refractivity contribution < 1.29 is 4.79 Å². The van der Waals surface area contributed by atoms with E-state index in [2.05, 4.69) is 51.2 Å². The minimum atomic E-state index is -0.321. The van der Waals surface area contributed by atoms with Crippen LogP contribution in [0.1, 0.15) is 25.0 Å². The molecule has 4 heteroatoms. The lowest BCUT2D eigenvalue weighted by atomic mass is 9.94. The Bertz CT molecular complexity index is 508. The van der Waals surface area contributed by atoms with Crippen molar-refractivity contribution in [2.24, 2.45) is 5.41 Å². The first-order chi connectivity index (χ1) is 9.90. The van der Waals surface area contributed by atoms with Gasteiger partial charge >= 0.3 is 0 Å². The Balaban J connectivity index is 1.99. The van der Waals surface area contributed by atoms with Gasteiger partial charge in [0.05, 0.1) is 5.41 Å². The zero-order valence-electron chi connectivity index (χ0n) is 13.5. The molecule has 0 spiro atoms. The van der Waals surface area contributed by atoms with Crippen LogP contribution in [0.4, 0.5) is 0 Å². The van der Waals surface area contributed by atoms with E-state index in [4.69, 9.17) is 0 Å². The third kappa shape index (κ3) is 4.24. The lowest BCUT2D eigenvalue weighted by Gasteiger charge is -2.34. The first-order valence-corrected chi connectivity index (χ1v) is 8.59. The summed E-state index contributed by atoms with van der Waals surface area (Å²) in [6.45, 7) is 11.9. The highest BCUT2D eigenvalue weighted by atomic mass is 32.2. The average molecular weight is 306 g/mol. The smallest absolute Gasteiger partial charge is 0.229 e. The number of amides is 1. The zero-order chi connectivity index (χ0) is 15.5. The Morgan fingerprint density at radius 1 is 1.29 bits per heavy atom. The summed E-state index contributed by atoms with van der Waals surface area (Å²) in [7, 11) is 0. The van der Waals surface area contributed by atoms with Crippen LogP contribution in [0, 0.1) is 19.3 Å². The van der Waals surface area contributed by atoms with Crippen molar-refractivity contribution in [1.29, 1.82) is 0 Å². The molecule has 1 aromatic rings. The van der Waals surface area contributed by atoms with E-state index in [1.807, 2.05) is 4.90 Å². The molecule has 1 fully saturated rings. The first-order valence-electron chi connectivity index (χ1n) is 7.60. The summed E-state index contributed by atoms with van der Waals surface area (Å²) in [6, 6.07) is 6.50. The van der Waals surface area contributed by atoms with Gasteiger partial charge < -0.3 is 10.2 Å². The first kappa shape index (κ1) is 16.4. The van der Waals surface area contributed by atoms with Crippen LogP contribution in [0.3, 0.4) is 0 Å². The zero-order valence-corrected chi connectivity index (χ0v) is 14.3. The fourth-order valence-electron chi connectivity index (χ4n) is 2.48. The molecule has 0 saturated carbocycles. The monoisotopic (exact) mass is 306 g/mol. The predicted molar refractivity (Wildman–Crippen MR) is 89.9 cm³/mol. The van der Waals surface area contributed by atoms with Gasteiger partial charge in [-0.05, 0) is 25.5 Å². The number of carbonyl (C=O) groups is 1.